The second-order valence-corrected chi connectivity index (χ2v) is 6.55. The Bertz CT molecular complexity index is 307. The molecule has 0 saturated heterocycles. The maximum atomic E-state index is 3.78. The van der Waals surface area contributed by atoms with Crippen molar-refractivity contribution >= 4 is 11.3 Å². The van der Waals surface area contributed by atoms with Crippen LogP contribution in [0.1, 0.15) is 44.4 Å². The van der Waals surface area contributed by atoms with Gasteiger partial charge in [-0.05, 0) is 55.5 Å². The summed E-state index contributed by atoms with van der Waals surface area (Å²) in [5.74, 6) is 1.84. The summed E-state index contributed by atoms with van der Waals surface area (Å²) < 4.78 is 0. The van der Waals surface area contributed by atoms with Crippen molar-refractivity contribution in [3.8, 4) is 0 Å². The van der Waals surface area contributed by atoms with Gasteiger partial charge in [-0.15, -0.1) is 11.3 Å². The Labute approximate surface area is 110 Å². The third-order valence-corrected chi connectivity index (χ3v) is 4.86. The van der Waals surface area contributed by atoms with E-state index in [1.807, 2.05) is 11.3 Å². The lowest BCUT2D eigenvalue weighted by atomic mass is 9.93. The van der Waals surface area contributed by atoms with Gasteiger partial charge in [0.05, 0.1) is 0 Å². The third-order valence-electron chi connectivity index (χ3n) is 3.96. The van der Waals surface area contributed by atoms with Crippen LogP contribution in [0.5, 0.6) is 0 Å². The lowest BCUT2D eigenvalue weighted by Gasteiger charge is -2.24. The largest absolute Gasteiger partial charge is 0.313 e. The summed E-state index contributed by atoms with van der Waals surface area (Å²) >= 11 is 1.90. The Morgan fingerprint density at radius 3 is 2.94 bits per heavy atom. The van der Waals surface area contributed by atoms with Crippen LogP contribution in [0.25, 0.3) is 0 Å². The first-order valence-corrected chi connectivity index (χ1v) is 7.93. The monoisotopic (exact) mass is 251 g/mol. The minimum absolute atomic E-state index is 0.707. The van der Waals surface area contributed by atoms with Crippen molar-refractivity contribution < 1.29 is 0 Å². The van der Waals surface area contributed by atoms with Gasteiger partial charge in [0.2, 0.25) is 0 Å². The van der Waals surface area contributed by atoms with Crippen LogP contribution < -0.4 is 5.32 Å². The molecule has 96 valence electrons. The number of hydrogen-bond acceptors (Lipinski definition) is 2. The molecule has 3 atom stereocenters. The molecular weight excluding hydrogens is 226 g/mol. The summed E-state index contributed by atoms with van der Waals surface area (Å²) in [6, 6.07) is 5.16. The minimum atomic E-state index is 0.707. The van der Waals surface area contributed by atoms with E-state index in [1.165, 1.54) is 43.5 Å². The van der Waals surface area contributed by atoms with Crippen LogP contribution in [0, 0.1) is 11.8 Å². The molecule has 0 amide bonds. The molecule has 1 heterocycles. The van der Waals surface area contributed by atoms with E-state index >= 15 is 0 Å². The van der Waals surface area contributed by atoms with Gasteiger partial charge in [-0.1, -0.05) is 26.3 Å². The fraction of sp³-hybridized carbons (Fsp3) is 0.733. The minimum Gasteiger partial charge on any atom is -0.313 e. The van der Waals surface area contributed by atoms with Crippen LogP contribution in [0.2, 0.25) is 0 Å². The summed E-state index contributed by atoms with van der Waals surface area (Å²) in [6.45, 7) is 5.83. The first-order valence-electron chi connectivity index (χ1n) is 7.05. The van der Waals surface area contributed by atoms with Gasteiger partial charge >= 0.3 is 0 Å². The molecule has 1 aliphatic carbocycles. The van der Waals surface area contributed by atoms with E-state index in [0.29, 0.717) is 6.04 Å². The lowest BCUT2D eigenvalue weighted by Crippen LogP contribution is -2.37. The van der Waals surface area contributed by atoms with E-state index < -0.39 is 0 Å². The van der Waals surface area contributed by atoms with Crippen LogP contribution in [0.3, 0.4) is 0 Å². The fourth-order valence-electron chi connectivity index (χ4n) is 3.00. The first kappa shape index (κ1) is 13.1. The van der Waals surface area contributed by atoms with Crippen molar-refractivity contribution in [2.45, 2.75) is 52.0 Å². The molecule has 3 unspecified atom stereocenters. The summed E-state index contributed by atoms with van der Waals surface area (Å²) in [4.78, 5) is 1.54. The molecule has 1 saturated carbocycles. The molecular formula is C15H25NS. The molecule has 1 aromatic heterocycles. The van der Waals surface area contributed by atoms with Crippen molar-refractivity contribution in [3.63, 3.8) is 0 Å². The van der Waals surface area contributed by atoms with Gasteiger partial charge in [0.25, 0.3) is 0 Å². The molecule has 0 spiro atoms. The predicted octanol–water partition coefficient (Wildman–Crippen LogP) is 4.10. The quantitative estimate of drug-likeness (QED) is 0.803. The highest BCUT2D eigenvalue weighted by Crippen LogP contribution is 2.34. The zero-order chi connectivity index (χ0) is 12.1. The standard InChI is InChI=1S/C15H25NS/c1-3-8-16-15(11-14-5-4-9-17-14)13-7-6-12(2)10-13/h4-5,9,12-13,15-16H,3,6-8,10-11H2,1-2H3. The van der Waals surface area contributed by atoms with Crippen LogP contribution in [0.4, 0.5) is 0 Å². The van der Waals surface area contributed by atoms with Gasteiger partial charge in [-0.2, -0.15) is 0 Å². The van der Waals surface area contributed by atoms with Crippen molar-refractivity contribution in [1.29, 1.82) is 0 Å². The molecule has 0 aromatic carbocycles. The number of nitrogens with one attached hydrogen (secondary N) is 1. The van der Waals surface area contributed by atoms with E-state index in [9.17, 15) is 0 Å². The van der Waals surface area contributed by atoms with E-state index in [4.69, 9.17) is 0 Å². The summed E-state index contributed by atoms with van der Waals surface area (Å²) in [5, 5.41) is 5.97. The lowest BCUT2D eigenvalue weighted by molar-refractivity contribution is 0.350. The average molecular weight is 251 g/mol. The zero-order valence-electron chi connectivity index (χ0n) is 11.1. The Morgan fingerprint density at radius 1 is 1.47 bits per heavy atom. The first-order chi connectivity index (χ1) is 8.29. The highest BCUT2D eigenvalue weighted by atomic mass is 32.1. The van der Waals surface area contributed by atoms with Crippen molar-refractivity contribution in [2.24, 2.45) is 11.8 Å². The molecule has 1 aromatic rings. The Kier molecular flexibility index (Phi) is 5.05. The van der Waals surface area contributed by atoms with Gasteiger partial charge in [-0.3, -0.25) is 0 Å². The Hall–Kier alpha value is -0.340. The molecule has 1 N–H and O–H groups in total. The molecule has 1 nitrogen and oxygen atoms in total. The highest BCUT2D eigenvalue weighted by molar-refractivity contribution is 7.09. The van der Waals surface area contributed by atoms with Crippen LogP contribution >= 0.6 is 11.3 Å². The van der Waals surface area contributed by atoms with Crippen LogP contribution in [-0.4, -0.2) is 12.6 Å². The maximum Gasteiger partial charge on any atom is 0.0144 e. The molecule has 17 heavy (non-hydrogen) atoms. The Balaban J connectivity index is 1.92. The number of hydrogen-bond donors (Lipinski definition) is 1. The number of thiophene rings is 1. The van der Waals surface area contributed by atoms with Crippen LogP contribution in [0.15, 0.2) is 17.5 Å². The van der Waals surface area contributed by atoms with Crippen molar-refractivity contribution in [3.05, 3.63) is 22.4 Å². The summed E-state index contributed by atoms with van der Waals surface area (Å²) in [7, 11) is 0. The number of rotatable bonds is 6. The van der Waals surface area contributed by atoms with E-state index in [2.05, 4.69) is 36.7 Å². The Morgan fingerprint density at radius 2 is 2.35 bits per heavy atom. The van der Waals surface area contributed by atoms with Crippen LogP contribution in [-0.2, 0) is 6.42 Å². The average Bonchev–Trinajstić information content (AvgIpc) is 2.95. The molecule has 2 rings (SSSR count). The van der Waals surface area contributed by atoms with Gasteiger partial charge < -0.3 is 5.32 Å². The second kappa shape index (κ2) is 6.55. The molecule has 1 aliphatic rings. The predicted molar refractivity (Wildman–Crippen MR) is 76.6 cm³/mol. The van der Waals surface area contributed by atoms with Gasteiger partial charge in [0, 0.05) is 10.9 Å². The van der Waals surface area contributed by atoms with E-state index in [-0.39, 0.29) is 0 Å². The molecule has 0 aliphatic heterocycles. The third kappa shape index (κ3) is 3.82. The topological polar surface area (TPSA) is 12.0 Å². The second-order valence-electron chi connectivity index (χ2n) is 5.52. The highest BCUT2D eigenvalue weighted by Gasteiger charge is 2.28. The van der Waals surface area contributed by atoms with E-state index in [0.717, 1.165) is 11.8 Å². The molecule has 1 fully saturated rings. The normalized spacial score (nSPS) is 26.2. The molecule has 2 heteroatoms. The van der Waals surface area contributed by atoms with Crippen molar-refractivity contribution in [1.82, 2.24) is 5.32 Å². The molecule has 0 radical (unpaired) electrons. The van der Waals surface area contributed by atoms with Crippen molar-refractivity contribution in [2.75, 3.05) is 6.54 Å². The van der Waals surface area contributed by atoms with Gasteiger partial charge in [0.15, 0.2) is 0 Å². The zero-order valence-corrected chi connectivity index (χ0v) is 11.9. The molecule has 0 bridgehead atoms. The van der Waals surface area contributed by atoms with Gasteiger partial charge in [0.1, 0.15) is 0 Å². The van der Waals surface area contributed by atoms with Gasteiger partial charge in [-0.25, -0.2) is 0 Å². The summed E-state index contributed by atoms with van der Waals surface area (Å²) in [5.41, 5.74) is 0. The maximum absolute atomic E-state index is 3.78. The SMILES string of the molecule is CCCNC(Cc1cccs1)C1CCC(C)C1. The summed E-state index contributed by atoms with van der Waals surface area (Å²) in [6.07, 6.45) is 6.75. The fourth-order valence-corrected chi connectivity index (χ4v) is 3.76. The smallest absolute Gasteiger partial charge is 0.0144 e. The van der Waals surface area contributed by atoms with E-state index in [1.54, 1.807) is 0 Å².